The number of para-hydroxylation sites is 3. The summed E-state index contributed by atoms with van der Waals surface area (Å²) in [4.78, 5) is 11.4. The minimum atomic E-state index is 0.647. The molecule has 0 fully saturated rings. The molecule has 0 radical (unpaired) electrons. The number of aromatic nitrogens is 5. The number of nitrogens with zero attached hydrogens (tertiary/aromatic N) is 5. The average Bonchev–Trinajstić information content (AvgIpc) is 1.66. The predicted molar refractivity (Wildman–Crippen MR) is 454 cm³/mol. The lowest BCUT2D eigenvalue weighted by atomic mass is 9.99. The molecule has 0 aliphatic rings. The largest absolute Gasteiger partial charge is 0.309 e. The van der Waals surface area contributed by atoms with Crippen LogP contribution in [0.2, 0.25) is 0 Å². The Morgan fingerprint density at radius 1 is 0.179 bits per heavy atom. The van der Waals surface area contributed by atoms with Crippen LogP contribution in [0, 0.1) is 0 Å². The number of thiophene rings is 3. The van der Waals surface area contributed by atoms with E-state index in [1.165, 1.54) is 126 Å². The SMILES string of the molecule is c1cc(-c2ccc3nc(-c4cccc(-n5c6ccccc6c6ccc(-c7ccc8c(c7)sc7ccccc78)cc65)c4)nc(-c4cccc(-n5c6ccccc6c6ccc(-c7ccc8c(c7)sc7ccccc78)cc65)c4)c3c2)cc(-n2c3ccccc3c3ccc(-c4ccc5c(c4)sc4ccccc45)cc32)c1. The highest BCUT2D eigenvalue weighted by molar-refractivity contribution is 7.26. The summed E-state index contributed by atoms with van der Waals surface area (Å²) < 4.78 is 15.1. The van der Waals surface area contributed by atoms with Gasteiger partial charge in [-0.3, -0.25) is 0 Å². The number of hydrogen-bond acceptors (Lipinski definition) is 5. The van der Waals surface area contributed by atoms with Gasteiger partial charge in [-0.1, -0.05) is 224 Å². The van der Waals surface area contributed by atoms with Crippen molar-refractivity contribution in [1.82, 2.24) is 23.7 Å². The van der Waals surface area contributed by atoms with E-state index >= 15 is 0 Å². The van der Waals surface area contributed by atoms with E-state index in [1.54, 1.807) is 0 Å². The van der Waals surface area contributed by atoms with Crippen molar-refractivity contribution in [3.63, 3.8) is 0 Å². The third-order valence-electron chi connectivity index (χ3n) is 22.0. The smallest absolute Gasteiger partial charge is 0.160 e. The summed E-state index contributed by atoms with van der Waals surface area (Å²) in [7, 11) is 0. The van der Waals surface area contributed by atoms with Crippen LogP contribution in [0.25, 0.3) is 221 Å². The molecule has 0 unspecified atom stereocenters. The Labute approximate surface area is 619 Å². The van der Waals surface area contributed by atoms with Crippen LogP contribution in [-0.4, -0.2) is 23.7 Å². The lowest BCUT2D eigenvalue weighted by Crippen LogP contribution is -1.99. The maximum absolute atomic E-state index is 5.82. The molecule has 0 saturated heterocycles. The van der Waals surface area contributed by atoms with E-state index < -0.39 is 0 Å². The summed E-state index contributed by atoms with van der Waals surface area (Å²) in [5.74, 6) is 0.647. The van der Waals surface area contributed by atoms with Crippen LogP contribution in [0.4, 0.5) is 0 Å². The van der Waals surface area contributed by atoms with E-state index in [0.29, 0.717) is 5.82 Å². The molecule has 492 valence electrons. The second-order valence-corrected chi connectivity index (χ2v) is 31.2. The Kier molecular flexibility index (Phi) is 13.0. The third kappa shape index (κ3) is 9.25. The molecule has 23 rings (SSSR count). The van der Waals surface area contributed by atoms with Gasteiger partial charge in [-0.2, -0.15) is 0 Å². The van der Waals surface area contributed by atoms with Crippen LogP contribution in [0.3, 0.4) is 0 Å². The fourth-order valence-electron chi connectivity index (χ4n) is 17.1. The van der Waals surface area contributed by atoms with Crippen molar-refractivity contribution in [1.29, 1.82) is 0 Å². The third-order valence-corrected chi connectivity index (χ3v) is 25.4. The highest BCUT2D eigenvalue weighted by Crippen LogP contribution is 2.45. The first-order chi connectivity index (χ1) is 52.5. The van der Waals surface area contributed by atoms with Gasteiger partial charge >= 0.3 is 0 Å². The van der Waals surface area contributed by atoms with Gasteiger partial charge in [0.2, 0.25) is 0 Å². The van der Waals surface area contributed by atoms with Crippen molar-refractivity contribution in [2.75, 3.05) is 0 Å². The van der Waals surface area contributed by atoms with Gasteiger partial charge in [0.25, 0.3) is 0 Å². The first-order valence-electron chi connectivity index (χ1n) is 36.0. The van der Waals surface area contributed by atoms with Crippen LogP contribution < -0.4 is 0 Å². The van der Waals surface area contributed by atoms with E-state index in [2.05, 4.69) is 359 Å². The number of benzene rings is 16. The van der Waals surface area contributed by atoms with Gasteiger partial charge in [0, 0.05) is 126 Å². The van der Waals surface area contributed by atoms with Gasteiger partial charge in [-0.05, 0) is 166 Å². The van der Waals surface area contributed by atoms with Crippen LogP contribution >= 0.6 is 34.0 Å². The molecule has 7 aromatic heterocycles. The second-order valence-electron chi connectivity index (χ2n) is 28.0. The van der Waals surface area contributed by atoms with Crippen molar-refractivity contribution in [3.8, 4) is 84.2 Å². The molecule has 0 aliphatic heterocycles. The molecule has 0 bridgehead atoms. The lowest BCUT2D eigenvalue weighted by molar-refractivity contribution is 1.17. The van der Waals surface area contributed by atoms with Crippen molar-refractivity contribution < 1.29 is 0 Å². The fraction of sp³-hybridized carbons (Fsp3) is 0. The summed E-state index contributed by atoms with van der Waals surface area (Å²) in [6.07, 6.45) is 0. The van der Waals surface area contributed by atoms with E-state index in [0.717, 1.165) is 89.0 Å². The minimum Gasteiger partial charge on any atom is -0.309 e. The Bertz CT molecular complexity index is 7680. The normalized spacial score (nSPS) is 12.2. The molecule has 8 heteroatoms. The molecule has 5 nitrogen and oxygen atoms in total. The van der Waals surface area contributed by atoms with Crippen LogP contribution in [0.5, 0.6) is 0 Å². The Balaban J connectivity index is 0.684. The predicted octanol–water partition coefficient (Wildman–Crippen LogP) is 28.0. The van der Waals surface area contributed by atoms with Crippen LogP contribution in [-0.2, 0) is 0 Å². The summed E-state index contributed by atoms with van der Waals surface area (Å²) in [5.41, 5.74) is 23.0. The first kappa shape index (κ1) is 59.4. The topological polar surface area (TPSA) is 40.6 Å². The van der Waals surface area contributed by atoms with Gasteiger partial charge in [-0.25, -0.2) is 9.97 Å². The average molecular weight is 1400 g/mol. The van der Waals surface area contributed by atoms with E-state index in [4.69, 9.17) is 9.97 Å². The van der Waals surface area contributed by atoms with Crippen molar-refractivity contribution in [3.05, 3.63) is 346 Å². The van der Waals surface area contributed by atoms with Crippen molar-refractivity contribution in [2.24, 2.45) is 0 Å². The molecule has 0 N–H and O–H groups in total. The highest BCUT2D eigenvalue weighted by atomic mass is 32.1. The van der Waals surface area contributed by atoms with Gasteiger partial charge < -0.3 is 13.7 Å². The van der Waals surface area contributed by atoms with Gasteiger partial charge in [-0.15, -0.1) is 34.0 Å². The van der Waals surface area contributed by atoms with Gasteiger partial charge in [0.1, 0.15) is 0 Å². The minimum absolute atomic E-state index is 0.647. The Morgan fingerprint density at radius 3 is 0.915 bits per heavy atom. The number of fused-ring (bicyclic) bond motifs is 19. The summed E-state index contributed by atoms with van der Waals surface area (Å²) in [6.45, 7) is 0. The maximum Gasteiger partial charge on any atom is 0.160 e. The van der Waals surface area contributed by atoms with E-state index in [-0.39, 0.29) is 0 Å². The molecule has 0 saturated carbocycles. The van der Waals surface area contributed by atoms with Crippen LogP contribution in [0.1, 0.15) is 0 Å². The summed E-state index contributed by atoms with van der Waals surface area (Å²) in [6, 6.07) is 128. The van der Waals surface area contributed by atoms with Crippen LogP contribution in [0.15, 0.2) is 346 Å². The molecule has 23 aromatic rings. The fourth-order valence-corrected chi connectivity index (χ4v) is 20.5. The molecule has 7 heterocycles. The molecule has 0 spiro atoms. The Hall–Kier alpha value is -13.1. The highest BCUT2D eigenvalue weighted by Gasteiger charge is 2.22. The zero-order valence-corrected chi connectivity index (χ0v) is 59.3. The quantitative estimate of drug-likeness (QED) is 0.144. The number of hydrogen-bond donors (Lipinski definition) is 0. The lowest BCUT2D eigenvalue weighted by Gasteiger charge is -2.15. The zero-order chi connectivity index (χ0) is 69.2. The second kappa shape index (κ2) is 23.2. The maximum atomic E-state index is 5.82. The van der Waals surface area contributed by atoms with E-state index in [1.807, 2.05) is 34.0 Å². The standard InChI is InChI=1S/C98H57N5S3/c1-7-28-85-71(22-1)74-41-34-60(63-37-44-80-77-25-4-10-31-91(77)104-94(80)55-63)52-88(74)101(85)68-19-13-16-58(48-68)59-40-47-84-83(51-59)97(66-17-14-20-69(49-66)102-86-29-8-2-23-72(86)75-42-35-61(53-89(75)102)64-38-45-81-78-26-5-11-32-92(78)105-95(81)56-64)100-98(99-84)67-18-15-21-70(50-67)103-87-30-9-3-24-73(87)76-43-36-62(54-90(76)103)65-39-46-82-79-27-6-12-33-93(79)106-96(82)57-65/h1-57H. The van der Waals surface area contributed by atoms with Crippen molar-refractivity contribution in [2.45, 2.75) is 0 Å². The molecular weight excluding hydrogens is 1340 g/mol. The summed E-state index contributed by atoms with van der Waals surface area (Å²) >= 11 is 5.58. The van der Waals surface area contributed by atoms with E-state index in [9.17, 15) is 0 Å². The molecule has 106 heavy (non-hydrogen) atoms. The first-order valence-corrected chi connectivity index (χ1v) is 38.4. The molecule has 0 amide bonds. The van der Waals surface area contributed by atoms with Gasteiger partial charge in [0.05, 0.1) is 44.3 Å². The van der Waals surface area contributed by atoms with Gasteiger partial charge in [0.15, 0.2) is 5.82 Å². The zero-order valence-electron chi connectivity index (χ0n) is 56.9. The molecule has 16 aromatic carbocycles. The number of rotatable bonds is 9. The molecule has 0 atom stereocenters. The Morgan fingerprint density at radius 2 is 0.481 bits per heavy atom. The summed E-state index contributed by atoms with van der Waals surface area (Å²) in [5, 5.41) is 16.0. The monoisotopic (exact) mass is 1400 g/mol. The molecule has 0 aliphatic carbocycles. The van der Waals surface area contributed by atoms with Crippen molar-refractivity contribution >= 4 is 171 Å². The molecular formula is C98H57N5S3.